The third-order valence-corrected chi connectivity index (χ3v) is 7.17. The Kier molecular flexibility index (Phi) is 11.4. The van der Waals surface area contributed by atoms with E-state index in [1.807, 2.05) is 6.92 Å². The van der Waals surface area contributed by atoms with Crippen LogP contribution in [-0.2, 0) is 9.59 Å². The van der Waals surface area contributed by atoms with E-state index in [0.29, 0.717) is 28.0 Å². The van der Waals surface area contributed by atoms with E-state index in [9.17, 15) is 19.2 Å². The summed E-state index contributed by atoms with van der Waals surface area (Å²) >= 11 is 3.37. The highest BCUT2D eigenvalue weighted by Gasteiger charge is 2.21. The Morgan fingerprint density at radius 1 is 0.953 bits per heavy atom. The first-order valence-electron chi connectivity index (χ1n) is 14.1. The first-order chi connectivity index (χ1) is 20.8. The van der Waals surface area contributed by atoms with E-state index in [4.69, 9.17) is 9.47 Å². The van der Waals surface area contributed by atoms with Crippen LogP contribution >= 0.6 is 15.9 Å². The number of halogens is 1. The standard InChI is InChI=1S/C32H33BrN4O6/c1-2-18-42-25-15-12-21(13-16-25)32(41)43-28-17-14-23(33)19-22(28)20-34-37-31(40)30(39)36-27-11-7-6-10-26(27)29(38)35-24-8-4-3-5-9-24/h6-7,10-17,19-20,24H,2-5,8-9,18H2,1H3,(H,35,38)(H,36,39)(H,37,40)/b34-20+. The average Bonchev–Trinajstić information content (AvgIpc) is 3.02. The van der Waals surface area contributed by atoms with Crippen molar-refractivity contribution in [3.63, 3.8) is 0 Å². The number of nitrogens with zero attached hydrogens (tertiary/aromatic N) is 1. The first-order valence-corrected chi connectivity index (χ1v) is 14.9. The molecule has 0 radical (unpaired) electrons. The minimum atomic E-state index is -1.04. The number of hydrazone groups is 1. The molecule has 10 nitrogen and oxygen atoms in total. The number of ether oxygens (including phenoxy) is 2. The summed E-state index contributed by atoms with van der Waals surface area (Å²) in [5, 5.41) is 9.37. The van der Waals surface area contributed by atoms with Gasteiger partial charge in [-0.3, -0.25) is 14.4 Å². The summed E-state index contributed by atoms with van der Waals surface area (Å²) < 4.78 is 11.8. The lowest BCUT2D eigenvalue weighted by atomic mass is 9.95. The molecule has 224 valence electrons. The topological polar surface area (TPSA) is 135 Å². The molecule has 3 amide bonds. The molecule has 0 saturated heterocycles. The van der Waals surface area contributed by atoms with Gasteiger partial charge in [-0.2, -0.15) is 5.10 Å². The van der Waals surface area contributed by atoms with Gasteiger partial charge in [0, 0.05) is 16.1 Å². The van der Waals surface area contributed by atoms with Crippen molar-refractivity contribution in [1.29, 1.82) is 0 Å². The molecule has 3 N–H and O–H groups in total. The number of nitrogens with one attached hydrogen (secondary N) is 3. The van der Waals surface area contributed by atoms with Crippen molar-refractivity contribution >= 4 is 51.5 Å². The fourth-order valence-corrected chi connectivity index (χ4v) is 4.85. The number of amides is 3. The van der Waals surface area contributed by atoms with Crippen LogP contribution in [0.3, 0.4) is 0 Å². The lowest BCUT2D eigenvalue weighted by Gasteiger charge is -2.23. The van der Waals surface area contributed by atoms with E-state index in [1.165, 1.54) is 6.21 Å². The molecule has 1 saturated carbocycles. The van der Waals surface area contributed by atoms with Gasteiger partial charge in [-0.1, -0.05) is 54.2 Å². The fourth-order valence-electron chi connectivity index (χ4n) is 4.47. The Labute approximate surface area is 258 Å². The number of esters is 1. The molecule has 43 heavy (non-hydrogen) atoms. The van der Waals surface area contributed by atoms with Gasteiger partial charge >= 0.3 is 17.8 Å². The molecule has 1 aliphatic rings. The summed E-state index contributed by atoms with van der Waals surface area (Å²) in [5.41, 5.74) is 3.35. The Hall–Kier alpha value is -4.51. The number of rotatable bonds is 10. The minimum absolute atomic E-state index is 0.0931. The smallest absolute Gasteiger partial charge is 0.343 e. The number of hydrogen-bond acceptors (Lipinski definition) is 7. The van der Waals surface area contributed by atoms with Gasteiger partial charge < -0.3 is 20.1 Å². The van der Waals surface area contributed by atoms with Crippen LogP contribution < -0.4 is 25.5 Å². The summed E-state index contributed by atoms with van der Waals surface area (Å²) in [5.74, 6) is -2.09. The van der Waals surface area contributed by atoms with Gasteiger partial charge in [-0.15, -0.1) is 0 Å². The predicted molar refractivity (Wildman–Crippen MR) is 166 cm³/mol. The second-order valence-corrected chi connectivity index (χ2v) is 10.9. The van der Waals surface area contributed by atoms with Gasteiger partial charge in [0.25, 0.3) is 5.91 Å². The molecule has 0 aromatic heterocycles. The highest BCUT2D eigenvalue weighted by molar-refractivity contribution is 9.10. The van der Waals surface area contributed by atoms with E-state index in [0.717, 1.165) is 38.5 Å². The number of anilines is 1. The molecule has 0 atom stereocenters. The quantitative estimate of drug-likeness (QED) is 0.0860. The molecule has 11 heteroatoms. The van der Waals surface area contributed by atoms with E-state index in [2.05, 4.69) is 37.1 Å². The van der Waals surface area contributed by atoms with Gasteiger partial charge in [0.05, 0.1) is 29.6 Å². The normalized spacial score (nSPS) is 13.3. The summed E-state index contributed by atoms with van der Waals surface area (Å²) in [7, 11) is 0. The summed E-state index contributed by atoms with van der Waals surface area (Å²) in [6, 6.07) is 18.1. The maximum atomic E-state index is 12.9. The number of para-hydroxylation sites is 1. The molecule has 4 rings (SSSR count). The molecular weight excluding hydrogens is 616 g/mol. The van der Waals surface area contributed by atoms with E-state index < -0.39 is 17.8 Å². The van der Waals surface area contributed by atoms with Crippen molar-refractivity contribution in [1.82, 2.24) is 10.7 Å². The summed E-state index contributed by atoms with van der Waals surface area (Å²) in [4.78, 5) is 50.7. The van der Waals surface area contributed by atoms with Gasteiger partial charge in [0.2, 0.25) is 0 Å². The second-order valence-electron chi connectivity index (χ2n) is 9.95. The van der Waals surface area contributed by atoms with Gasteiger partial charge in [-0.05, 0) is 73.9 Å². The highest BCUT2D eigenvalue weighted by atomic mass is 79.9. The van der Waals surface area contributed by atoms with E-state index >= 15 is 0 Å². The van der Waals surface area contributed by atoms with Crippen LogP contribution in [0.4, 0.5) is 5.69 Å². The predicted octanol–water partition coefficient (Wildman–Crippen LogP) is 5.61. The lowest BCUT2D eigenvalue weighted by molar-refractivity contribution is -0.136. The van der Waals surface area contributed by atoms with Crippen LogP contribution in [0.1, 0.15) is 71.7 Å². The third kappa shape index (κ3) is 9.24. The van der Waals surface area contributed by atoms with Gasteiger partial charge in [-0.25, -0.2) is 10.2 Å². The minimum Gasteiger partial charge on any atom is -0.494 e. The fraction of sp³-hybridized carbons (Fsp3) is 0.281. The number of benzene rings is 3. The van der Waals surface area contributed by atoms with Gasteiger partial charge in [0.1, 0.15) is 11.5 Å². The zero-order chi connectivity index (χ0) is 30.6. The van der Waals surface area contributed by atoms with E-state index in [-0.39, 0.29) is 28.9 Å². The molecule has 3 aromatic rings. The van der Waals surface area contributed by atoms with Crippen LogP contribution in [0.15, 0.2) is 76.3 Å². The third-order valence-electron chi connectivity index (χ3n) is 6.67. The monoisotopic (exact) mass is 648 g/mol. The number of carbonyl (C=O) groups excluding carboxylic acids is 4. The number of hydrogen-bond donors (Lipinski definition) is 3. The van der Waals surface area contributed by atoms with Crippen molar-refractivity contribution in [3.8, 4) is 11.5 Å². The van der Waals surface area contributed by atoms with Crippen molar-refractivity contribution < 1.29 is 28.7 Å². The van der Waals surface area contributed by atoms with Crippen LogP contribution in [0.2, 0.25) is 0 Å². The largest absolute Gasteiger partial charge is 0.494 e. The Morgan fingerprint density at radius 3 is 2.44 bits per heavy atom. The summed E-state index contributed by atoms with van der Waals surface area (Å²) in [6.07, 6.45) is 7.26. The first kappa shape index (κ1) is 31.4. The maximum Gasteiger partial charge on any atom is 0.343 e. The highest BCUT2D eigenvalue weighted by Crippen LogP contribution is 2.24. The molecule has 0 spiro atoms. The maximum absolute atomic E-state index is 12.9. The molecule has 1 fully saturated rings. The molecule has 0 bridgehead atoms. The van der Waals surface area contributed by atoms with Crippen molar-refractivity contribution in [2.75, 3.05) is 11.9 Å². The molecular formula is C32H33BrN4O6. The van der Waals surface area contributed by atoms with Crippen molar-refractivity contribution in [2.24, 2.45) is 5.10 Å². The SMILES string of the molecule is CCCOc1ccc(C(=O)Oc2ccc(Br)cc2/C=N/NC(=O)C(=O)Nc2ccccc2C(=O)NC2CCCCC2)cc1. The van der Waals surface area contributed by atoms with Crippen molar-refractivity contribution in [2.45, 2.75) is 51.5 Å². The number of carbonyl (C=O) groups is 4. The molecule has 1 aliphatic carbocycles. The second kappa shape index (κ2) is 15.6. The zero-order valence-electron chi connectivity index (χ0n) is 23.7. The Morgan fingerprint density at radius 2 is 1.70 bits per heavy atom. The van der Waals surface area contributed by atoms with Crippen LogP contribution in [-0.4, -0.2) is 42.6 Å². The van der Waals surface area contributed by atoms with Crippen LogP contribution in [0, 0.1) is 0 Å². The zero-order valence-corrected chi connectivity index (χ0v) is 25.3. The molecule has 0 heterocycles. The lowest BCUT2D eigenvalue weighted by Crippen LogP contribution is -2.37. The van der Waals surface area contributed by atoms with Crippen LogP contribution in [0.25, 0.3) is 0 Å². The molecule has 3 aromatic carbocycles. The van der Waals surface area contributed by atoms with E-state index in [1.54, 1.807) is 66.7 Å². The van der Waals surface area contributed by atoms with Crippen LogP contribution in [0.5, 0.6) is 11.5 Å². The summed E-state index contributed by atoms with van der Waals surface area (Å²) in [6.45, 7) is 2.58. The Balaban J connectivity index is 1.36. The Bertz CT molecular complexity index is 1490. The van der Waals surface area contributed by atoms with Gasteiger partial charge in [0.15, 0.2) is 0 Å². The van der Waals surface area contributed by atoms with Crippen molar-refractivity contribution in [3.05, 3.63) is 87.9 Å². The molecule has 0 unspecified atom stereocenters. The average molecular weight is 650 g/mol. The molecule has 0 aliphatic heterocycles.